The lowest BCUT2D eigenvalue weighted by Crippen LogP contribution is -2.33. The first kappa shape index (κ1) is 14.2. The van der Waals surface area contributed by atoms with Gasteiger partial charge in [-0.1, -0.05) is 30.3 Å². The fraction of sp³-hybridized carbons (Fsp3) is 0.400. The molecule has 0 aromatic heterocycles. The molecule has 0 aliphatic rings. The highest BCUT2D eigenvalue weighted by Gasteiger charge is 2.23. The maximum absolute atomic E-state index is 11.9. The second kappa shape index (κ2) is 4.85. The van der Waals surface area contributed by atoms with Crippen LogP contribution in [0.25, 0.3) is 0 Å². The summed E-state index contributed by atoms with van der Waals surface area (Å²) in [4.78, 5) is 0. The molecule has 0 fully saturated rings. The van der Waals surface area contributed by atoms with Crippen LogP contribution in [-0.2, 0) is 24.6 Å². The number of benzene rings is 1. The van der Waals surface area contributed by atoms with Crippen molar-refractivity contribution in [2.24, 2.45) is 0 Å². The molecule has 0 bridgehead atoms. The lowest BCUT2D eigenvalue weighted by Gasteiger charge is -2.31. The Morgan fingerprint density at radius 3 is 2.20 bits per heavy atom. The standard InChI is InChI=1S/C10H16O3S.H3N/c1-12-14(2,3,11)13-9-10-7-5-4-6-8-10;/h4-8H,9H2,1-3H3;1H3. The Hall–Kier alpha value is -0.750. The molecule has 0 atom stereocenters. The highest BCUT2D eigenvalue weighted by atomic mass is 32.3. The van der Waals surface area contributed by atoms with E-state index in [0.29, 0.717) is 6.61 Å². The maximum atomic E-state index is 11.9. The third kappa shape index (κ3) is 5.03. The van der Waals surface area contributed by atoms with Crippen LogP contribution in [0.5, 0.6) is 0 Å². The number of rotatable bonds is 4. The zero-order chi connectivity index (χ0) is 10.7. The van der Waals surface area contributed by atoms with E-state index in [4.69, 9.17) is 8.37 Å². The van der Waals surface area contributed by atoms with E-state index >= 15 is 0 Å². The predicted octanol–water partition coefficient (Wildman–Crippen LogP) is 1.92. The fourth-order valence-electron chi connectivity index (χ4n) is 0.856. The molecule has 0 unspecified atom stereocenters. The predicted molar refractivity (Wildman–Crippen MR) is 63.3 cm³/mol. The molecule has 0 saturated heterocycles. The molecule has 0 spiro atoms. The van der Waals surface area contributed by atoms with Crippen molar-refractivity contribution in [1.29, 1.82) is 0 Å². The van der Waals surface area contributed by atoms with Crippen LogP contribution in [0.4, 0.5) is 0 Å². The molecule has 15 heavy (non-hydrogen) atoms. The average molecular weight is 233 g/mol. The molecule has 88 valence electrons. The fourth-order valence-corrected chi connectivity index (χ4v) is 1.42. The summed E-state index contributed by atoms with van der Waals surface area (Å²) < 4.78 is 22.0. The molecule has 5 heteroatoms. The van der Waals surface area contributed by atoms with Gasteiger partial charge in [-0.25, -0.2) is 4.21 Å². The van der Waals surface area contributed by atoms with Gasteiger partial charge in [0.15, 0.2) is 0 Å². The summed E-state index contributed by atoms with van der Waals surface area (Å²) in [5.41, 5.74) is 0.979. The Labute approximate surface area is 91.0 Å². The average Bonchev–Trinajstić information content (AvgIpc) is 2.17. The Bertz CT molecular complexity index is 358. The third-order valence-electron chi connectivity index (χ3n) is 1.87. The van der Waals surface area contributed by atoms with E-state index < -0.39 is 9.63 Å². The van der Waals surface area contributed by atoms with Crippen LogP contribution in [0, 0.1) is 0 Å². The SMILES string of the molecule is COS(C)(C)(=O)OCc1ccccc1.N. The zero-order valence-electron chi connectivity index (χ0n) is 9.43. The van der Waals surface area contributed by atoms with Gasteiger partial charge in [-0.05, 0) is 5.56 Å². The van der Waals surface area contributed by atoms with E-state index in [-0.39, 0.29) is 6.15 Å². The van der Waals surface area contributed by atoms with Crippen LogP contribution in [0.2, 0.25) is 0 Å². The second-order valence-corrected chi connectivity index (χ2v) is 7.32. The largest absolute Gasteiger partial charge is 0.344 e. The zero-order valence-corrected chi connectivity index (χ0v) is 10.3. The molecular weight excluding hydrogens is 214 g/mol. The molecule has 3 N–H and O–H groups in total. The minimum Gasteiger partial charge on any atom is -0.344 e. The Morgan fingerprint density at radius 1 is 1.20 bits per heavy atom. The van der Waals surface area contributed by atoms with E-state index in [1.165, 1.54) is 19.6 Å². The van der Waals surface area contributed by atoms with Crippen LogP contribution in [0.15, 0.2) is 30.3 Å². The molecule has 1 aromatic rings. The van der Waals surface area contributed by atoms with Gasteiger partial charge in [-0.15, -0.1) is 0 Å². The first-order chi connectivity index (χ1) is 6.41. The highest BCUT2D eigenvalue weighted by Crippen LogP contribution is 2.21. The van der Waals surface area contributed by atoms with E-state index in [0.717, 1.165) is 5.56 Å². The van der Waals surface area contributed by atoms with Crippen LogP contribution in [-0.4, -0.2) is 23.8 Å². The number of hydrogen-bond donors (Lipinski definition) is 1. The Kier molecular flexibility index (Phi) is 4.61. The molecule has 1 aromatic carbocycles. The van der Waals surface area contributed by atoms with Gasteiger partial charge in [0.25, 0.3) is 0 Å². The molecule has 0 amide bonds. The molecule has 0 aliphatic heterocycles. The summed E-state index contributed by atoms with van der Waals surface area (Å²) in [5.74, 6) is 0. The highest BCUT2D eigenvalue weighted by molar-refractivity contribution is 8.10. The molecule has 1 rings (SSSR count). The molecule has 0 heterocycles. The molecule has 0 saturated carbocycles. The Balaban J connectivity index is 0.00000196. The van der Waals surface area contributed by atoms with Gasteiger partial charge < -0.3 is 6.15 Å². The normalized spacial score (nSPS) is 13.7. The van der Waals surface area contributed by atoms with Gasteiger partial charge in [-0.3, -0.25) is 8.37 Å². The minimum absolute atomic E-state index is 0. The summed E-state index contributed by atoms with van der Waals surface area (Å²) in [6.45, 7) is 0.299. The van der Waals surface area contributed by atoms with E-state index in [1.54, 1.807) is 0 Å². The molecule has 4 nitrogen and oxygen atoms in total. The van der Waals surface area contributed by atoms with Gasteiger partial charge in [0.2, 0.25) is 0 Å². The summed E-state index contributed by atoms with van der Waals surface area (Å²) in [6, 6.07) is 9.58. The topological polar surface area (TPSA) is 70.5 Å². The van der Waals surface area contributed by atoms with Crippen molar-refractivity contribution in [2.75, 3.05) is 19.6 Å². The molecule has 0 aliphatic carbocycles. The van der Waals surface area contributed by atoms with Crippen molar-refractivity contribution < 1.29 is 12.6 Å². The van der Waals surface area contributed by atoms with E-state index in [1.807, 2.05) is 30.3 Å². The van der Waals surface area contributed by atoms with Gasteiger partial charge in [0.1, 0.15) is 0 Å². The first-order valence-electron chi connectivity index (χ1n) is 4.28. The summed E-state index contributed by atoms with van der Waals surface area (Å²) >= 11 is 0. The van der Waals surface area contributed by atoms with Gasteiger partial charge in [0.05, 0.1) is 23.3 Å². The van der Waals surface area contributed by atoms with Crippen molar-refractivity contribution in [2.45, 2.75) is 6.61 Å². The summed E-state index contributed by atoms with van der Waals surface area (Å²) in [5, 5.41) is 0. The van der Waals surface area contributed by atoms with Crippen LogP contribution < -0.4 is 6.15 Å². The van der Waals surface area contributed by atoms with Crippen molar-refractivity contribution in [3.8, 4) is 0 Å². The lowest BCUT2D eigenvalue weighted by atomic mass is 10.2. The smallest absolute Gasteiger partial charge is 0.0892 e. The van der Waals surface area contributed by atoms with E-state index in [2.05, 4.69) is 0 Å². The lowest BCUT2D eigenvalue weighted by molar-refractivity contribution is 0.241. The Morgan fingerprint density at radius 2 is 1.73 bits per heavy atom. The van der Waals surface area contributed by atoms with Gasteiger partial charge in [0, 0.05) is 12.5 Å². The summed E-state index contributed by atoms with van der Waals surface area (Å²) in [7, 11) is -1.94. The monoisotopic (exact) mass is 233 g/mol. The second-order valence-electron chi connectivity index (χ2n) is 3.53. The van der Waals surface area contributed by atoms with Gasteiger partial charge in [-0.2, -0.15) is 0 Å². The van der Waals surface area contributed by atoms with Crippen LogP contribution in [0.1, 0.15) is 5.56 Å². The van der Waals surface area contributed by atoms with Crippen molar-refractivity contribution in [3.05, 3.63) is 35.9 Å². The van der Waals surface area contributed by atoms with Gasteiger partial charge >= 0.3 is 0 Å². The summed E-state index contributed by atoms with van der Waals surface area (Å²) in [6.07, 6.45) is 2.94. The van der Waals surface area contributed by atoms with Crippen molar-refractivity contribution in [1.82, 2.24) is 6.15 Å². The molecular formula is C10H19NO3S. The van der Waals surface area contributed by atoms with Crippen LogP contribution in [0.3, 0.4) is 0 Å². The third-order valence-corrected chi connectivity index (χ3v) is 3.59. The minimum atomic E-state index is -3.33. The quantitative estimate of drug-likeness (QED) is 0.862. The van der Waals surface area contributed by atoms with E-state index in [9.17, 15) is 4.21 Å². The first-order valence-corrected chi connectivity index (χ1v) is 6.91. The number of hydrogen-bond acceptors (Lipinski definition) is 4. The molecule has 0 radical (unpaired) electrons. The van der Waals surface area contributed by atoms with Crippen LogP contribution >= 0.6 is 0 Å². The van der Waals surface area contributed by atoms with Crippen molar-refractivity contribution >= 4 is 9.63 Å². The maximum Gasteiger partial charge on any atom is 0.0892 e. The van der Waals surface area contributed by atoms with Crippen molar-refractivity contribution in [3.63, 3.8) is 0 Å².